The van der Waals surface area contributed by atoms with E-state index in [1.165, 1.54) is 37.4 Å². The van der Waals surface area contributed by atoms with Gasteiger partial charge in [-0.2, -0.15) is 0 Å². The van der Waals surface area contributed by atoms with Crippen LogP contribution in [0.4, 0.5) is 10.1 Å². The molecule has 0 radical (unpaired) electrons. The molecule has 0 saturated carbocycles. The van der Waals surface area contributed by atoms with Crippen LogP contribution in [0.25, 0.3) is 0 Å². The first-order valence-electron chi connectivity index (χ1n) is 8.75. The van der Waals surface area contributed by atoms with Crippen LogP contribution in [0.5, 0.6) is 0 Å². The fraction of sp³-hybridized carbons (Fsp3) is 0.0952. The summed E-state index contributed by atoms with van der Waals surface area (Å²) in [5, 5.41) is 3.14. The molecule has 5 nitrogen and oxygen atoms in total. The number of carbonyl (C=O) groups excluding carboxylic acids is 1. The fourth-order valence-corrected chi connectivity index (χ4v) is 4.49. The van der Waals surface area contributed by atoms with Crippen molar-refractivity contribution in [3.05, 3.63) is 93.7 Å². The number of nitrogens with one attached hydrogen (secondary N) is 1. The lowest BCUT2D eigenvalue weighted by atomic mass is 10.2. The molecule has 0 fully saturated rings. The highest BCUT2D eigenvalue weighted by molar-refractivity contribution is 7.93. The van der Waals surface area contributed by atoms with Gasteiger partial charge >= 0.3 is 0 Å². The number of amides is 1. The van der Waals surface area contributed by atoms with E-state index in [4.69, 9.17) is 23.2 Å². The maximum Gasteiger partial charge on any atom is 0.265 e. The molecule has 0 atom stereocenters. The third-order valence-corrected chi connectivity index (χ3v) is 6.91. The van der Waals surface area contributed by atoms with Gasteiger partial charge in [0.25, 0.3) is 15.9 Å². The molecule has 3 aromatic carbocycles. The molecule has 0 aliphatic rings. The highest BCUT2D eigenvalue weighted by atomic mass is 35.5. The molecule has 30 heavy (non-hydrogen) atoms. The van der Waals surface area contributed by atoms with Crippen molar-refractivity contribution in [3.8, 4) is 0 Å². The van der Waals surface area contributed by atoms with Gasteiger partial charge in [-0.25, -0.2) is 12.8 Å². The van der Waals surface area contributed by atoms with E-state index in [-0.39, 0.29) is 27.8 Å². The predicted molar refractivity (Wildman–Crippen MR) is 116 cm³/mol. The van der Waals surface area contributed by atoms with E-state index < -0.39 is 15.9 Å². The van der Waals surface area contributed by atoms with E-state index in [1.807, 2.05) is 0 Å². The summed E-state index contributed by atoms with van der Waals surface area (Å²) < 4.78 is 40.2. The Morgan fingerprint density at radius 3 is 2.27 bits per heavy atom. The number of benzene rings is 3. The topological polar surface area (TPSA) is 66.5 Å². The molecule has 9 heteroatoms. The Labute approximate surface area is 184 Å². The smallest absolute Gasteiger partial charge is 0.265 e. The fourth-order valence-electron chi connectivity index (χ4n) is 2.67. The number of hydrogen-bond donors (Lipinski definition) is 1. The summed E-state index contributed by atoms with van der Waals surface area (Å²) in [7, 11) is -2.64. The molecule has 0 aliphatic heterocycles. The van der Waals surface area contributed by atoms with Crippen LogP contribution in [0.3, 0.4) is 0 Å². The van der Waals surface area contributed by atoms with Gasteiger partial charge in [0.15, 0.2) is 0 Å². The van der Waals surface area contributed by atoms with E-state index in [0.717, 1.165) is 4.31 Å². The van der Waals surface area contributed by atoms with Crippen molar-refractivity contribution in [1.29, 1.82) is 0 Å². The molecule has 0 heterocycles. The lowest BCUT2D eigenvalue weighted by Gasteiger charge is -2.20. The van der Waals surface area contributed by atoms with Gasteiger partial charge < -0.3 is 5.32 Å². The lowest BCUT2D eigenvalue weighted by molar-refractivity contribution is 0.0950. The zero-order valence-corrected chi connectivity index (χ0v) is 18.1. The van der Waals surface area contributed by atoms with Crippen LogP contribution in [0.1, 0.15) is 15.9 Å². The first-order chi connectivity index (χ1) is 14.2. The summed E-state index contributed by atoms with van der Waals surface area (Å²) in [6.07, 6.45) is 0. The van der Waals surface area contributed by atoms with Crippen molar-refractivity contribution in [2.75, 3.05) is 11.4 Å². The van der Waals surface area contributed by atoms with E-state index in [0.29, 0.717) is 16.3 Å². The van der Waals surface area contributed by atoms with Gasteiger partial charge in [0.05, 0.1) is 10.7 Å². The predicted octanol–water partition coefficient (Wildman–Crippen LogP) is 4.89. The zero-order valence-electron chi connectivity index (χ0n) is 15.8. The second-order valence-electron chi connectivity index (χ2n) is 6.40. The molecule has 1 N–H and O–H groups in total. The molecule has 3 rings (SSSR count). The Bertz CT molecular complexity index is 1170. The number of anilines is 1. The van der Waals surface area contributed by atoms with Crippen LogP contribution < -0.4 is 9.62 Å². The van der Waals surface area contributed by atoms with Crippen LogP contribution >= 0.6 is 23.2 Å². The van der Waals surface area contributed by atoms with Crippen molar-refractivity contribution >= 4 is 44.8 Å². The third-order valence-electron chi connectivity index (χ3n) is 4.39. The molecule has 0 aliphatic carbocycles. The van der Waals surface area contributed by atoms with Gasteiger partial charge in [0.2, 0.25) is 0 Å². The highest BCUT2D eigenvalue weighted by Crippen LogP contribution is 2.29. The zero-order chi connectivity index (χ0) is 21.9. The highest BCUT2D eigenvalue weighted by Gasteiger charge is 2.25. The molecule has 0 spiro atoms. The van der Waals surface area contributed by atoms with Gasteiger partial charge in [-0.1, -0.05) is 35.3 Å². The molecular weight excluding hydrogens is 450 g/mol. The number of carbonyl (C=O) groups is 1. The summed E-state index contributed by atoms with van der Waals surface area (Å²) in [5.74, 6) is -0.857. The maximum absolute atomic E-state index is 13.1. The van der Waals surface area contributed by atoms with Crippen molar-refractivity contribution in [2.24, 2.45) is 0 Å². The van der Waals surface area contributed by atoms with Gasteiger partial charge in [-0.3, -0.25) is 9.10 Å². The molecule has 0 bridgehead atoms. The van der Waals surface area contributed by atoms with E-state index in [9.17, 15) is 17.6 Å². The van der Waals surface area contributed by atoms with Crippen molar-refractivity contribution in [1.82, 2.24) is 5.32 Å². The first-order valence-corrected chi connectivity index (χ1v) is 10.9. The lowest BCUT2D eigenvalue weighted by Crippen LogP contribution is -2.28. The average molecular weight is 467 g/mol. The van der Waals surface area contributed by atoms with Crippen LogP contribution in [-0.4, -0.2) is 21.4 Å². The minimum atomic E-state index is -4.03. The molecule has 3 aromatic rings. The Hall–Kier alpha value is -2.61. The van der Waals surface area contributed by atoms with Crippen LogP contribution in [0, 0.1) is 5.82 Å². The second-order valence-corrected chi connectivity index (χ2v) is 9.18. The second kappa shape index (κ2) is 9.04. The summed E-state index contributed by atoms with van der Waals surface area (Å²) in [4.78, 5) is 12.3. The largest absolute Gasteiger partial charge is 0.348 e. The normalized spacial score (nSPS) is 11.2. The van der Waals surface area contributed by atoms with Crippen molar-refractivity contribution in [3.63, 3.8) is 0 Å². The maximum atomic E-state index is 13.1. The minimum absolute atomic E-state index is 0.00843. The van der Waals surface area contributed by atoms with Crippen LogP contribution in [0.2, 0.25) is 10.0 Å². The number of rotatable bonds is 6. The SMILES string of the molecule is CN(c1ccc(Cl)cc1)S(=O)(=O)c1cc(C(=O)NCc2ccc(F)cc2)ccc1Cl. The van der Waals surface area contributed by atoms with Gasteiger partial charge in [-0.05, 0) is 60.2 Å². The number of halogens is 3. The number of sulfonamides is 1. The standard InChI is InChI=1S/C21H17Cl2FN2O3S/c1-26(18-9-5-16(22)6-10-18)30(28,29)20-12-15(4-11-19(20)23)21(27)25-13-14-2-7-17(24)8-3-14/h2-12H,13H2,1H3,(H,25,27). The Balaban J connectivity index is 1.83. The molecule has 156 valence electrons. The summed E-state index contributed by atoms with van der Waals surface area (Å²) in [6, 6.07) is 16.0. The van der Waals surface area contributed by atoms with Crippen molar-refractivity contribution < 1.29 is 17.6 Å². The molecule has 1 amide bonds. The van der Waals surface area contributed by atoms with Gasteiger partial charge in [0.1, 0.15) is 10.7 Å². The monoisotopic (exact) mass is 466 g/mol. The molecule has 0 unspecified atom stereocenters. The average Bonchev–Trinajstić information content (AvgIpc) is 2.73. The molecule has 0 aromatic heterocycles. The Morgan fingerprint density at radius 1 is 1.00 bits per heavy atom. The molecular formula is C21H17Cl2FN2O3S. The minimum Gasteiger partial charge on any atom is -0.348 e. The number of hydrogen-bond acceptors (Lipinski definition) is 3. The number of nitrogens with zero attached hydrogens (tertiary/aromatic N) is 1. The summed E-state index contributed by atoms with van der Waals surface area (Å²) in [6.45, 7) is 0.161. The molecule has 0 saturated heterocycles. The van der Waals surface area contributed by atoms with Gasteiger partial charge in [-0.15, -0.1) is 0 Å². The van der Waals surface area contributed by atoms with Crippen LogP contribution in [0.15, 0.2) is 71.6 Å². The van der Waals surface area contributed by atoms with Gasteiger partial charge in [0, 0.05) is 24.2 Å². The summed E-state index contributed by atoms with van der Waals surface area (Å²) in [5.41, 5.74) is 1.22. The Kier molecular flexibility index (Phi) is 6.65. The Morgan fingerprint density at radius 2 is 1.63 bits per heavy atom. The first kappa shape index (κ1) is 22.1. The van der Waals surface area contributed by atoms with Crippen LogP contribution in [-0.2, 0) is 16.6 Å². The van der Waals surface area contributed by atoms with E-state index >= 15 is 0 Å². The third kappa shape index (κ3) is 4.92. The van der Waals surface area contributed by atoms with E-state index in [2.05, 4.69) is 5.32 Å². The van der Waals surface area contributed by atoms with E-state index in [1.54, 1.807) is 36.4 Å². The summed E-state index contributed by atoms with van der Waals surface area (Å²) >= 11 is 12.0. The quantitative estimate of drug-likeness (QED) is 0.562. The van der Waals surface area contributed by atoms with Crippen molar-refractivity contribution in [2.45, 2.75) is 11.4 Å².